The molecule has 1 heterocycles. The number of nitro groups is 2. The smallest absolute Gasteiger partial charge is 0.292 e. The summed E-state index contributed by atoms with van der Waals surface area (Å²) in [5.74, 6) is -0.643. The summed E-state index contributed by atoms with van der Waals surface area (Å²) >= 11 is 0. The minimum Gasteiger partial charge on any atom is -0.363 e. The van der Waals surface area contributed by atoms with Gasteiger partial charge in [-0.05, 0) is 12.1 Å². The van der Waals surface area contributed by atoms with E-state index in [1.54, 1.807) is 0 Å². The third-order valence-corrected chi connectivity index (χ3v) is 6.34. The van der Waals surface area contributed by atoms with Crippen LogP contribution in [-0.4, -0.2) is 48.7 Å². The highest BCUT2D eigenvalue weighted by Crippen LogP contribution is 2.31. The molecule has 0 amide bonds. The van der Waals surface area contributed by atoms with Gasteiger partial charge < -0.3 is 4.90 Å². The second kappa shape index (κ2) is 7.48. The third-order valence-electron chi connectivity index (χ3n) is 4.39. The fourth-order valence-electron chi connectivity index (χ4n) is 3.04. The summed E-state index contributed by atoms with van der Waals surface area (Å²) < 4.78 is 40.3. The molecule has 0 unspecified atom stereocenters. The summed E-state index contributed by atoms with van der Waals surface area (Å²) in [6.45, 7) is 0.0401. The quantitative estimate of drug-likeness (QED) is 0.546. The van der Waals surface area contributed by atoms with Gasteiger partial charge in [0.05, 0.1) is 9.85 Å². The maximum atomic E-state index is 13.6. The average molecular weight is 410 g/mol. The number of para-hydroxylation sites is 1. The van der Waals surface area contributed by atoms with Gasteiger partial charge in [-0.3, -0.25) is 20.2 Å². The Morgan fingerprint density at radius 1 is 0.893 bits per heavy atom. The van der Waals surface area contributed by atoms with E-state index in [0.717, 1.165) is 34.6 Å². The summed E-state index contributed by atoms with van der Waals surface area (Å²) in [4.78, 5) is 22.0. The Morgan fingerprint density at radius 2 is 1.50 bits per heavy atom. The van der Waals surface area contributed by atoms with Crippen molar-refractivity contribution in [3.8, 4) is 0 Å². The van der Waals surface area contributed by atoms with Crippen molar-refractivity contribution in [3.63, 3.8) is 0 Å². The molecule has 148 valence electrons. The molecule has 0 spiro atoms. The van der Waals surface area contributed by atoms with Crippen LogP contribution in [0.3, 0.4) is 0 Å². The number of sulfonamides is 1. The lowest BCUT2D eigenvalue weighted by atomic mass is 10.2. The monoisotopic (exact) mass is 410 g/mol. The molecule has 1 saturated heterocycles. The van der Waals surface area contributed by atoms with Crippen LogP contribution in [-0.2, 0) is 10.0 Å². The lowest BCUT2D eigenvalue weighted by molar-refractivity contribution is -0.387. The van der Waals surface area contributed by atoms with Crippen molar-refractivity contribution in [2.24, 2.45) is 0 Å². The molecule has 3 rings (SSSR count). The molecule has 0 N–H and O–H groups in total. The van der Waals surface area contributed by atoms with Gasteiger partial charge in [-0.25, -0.2) is 12.8 Å². The number of hydrogen-bond acceptors (Lipinski definition) is 7. The van der Waals surface area contributed by atoms with Gasteiger partial charge >= 0.3 is 0 Å². The zero-order valence-electron chi connectivity index (χ0n) is 14.4. The van der Waals surface area contributed by atoms with Crippen LogP contribution in [0, 0.1) is 26.0 Å². The molecule has 1 aliphatic rings. The van der Waals surface area contributed by atoms with Crippen molar-refractivity contribution in [1.29, 1.82) is 0 Å². The normalized spacial score (nSPS) is 15.4. The molecule has 0 atom stereocenters. The van der Waals surface area contributed by atoms with Gasteiger partial charge in [0.2, 0.25) is 10.0 Å². The summed E-state index contributed by atoms with van der Waals surface area (Å²) in [6.07, 6.45) is 0. The van der Waals surface area contributed by atoms with Crippen LogP contribution in [0.4, 0.5) is 21.5 Å². The number of rotatable bonds is 5. The SMILES string of the molecule is O=[N+]([O-])c1ccc(F)cc1N1CCN(S(=O)(=O)c2ccccc2[N+](=O)[O-])CC1. The largest absolute Gasteiger partial charge is 0.363 e. The van der Waals surface area contributed by atoms with Gasteiger partial charge in [0.25, 0.3) is 11.4 Å². The molecule has 2 aromatic rings. The van der Waals surface area contributed by atoms with Gasteiger partial charge in [-0.2, -0.15) is 4.31 Å². The molecule has 0 radical (unpaired) electrons. The molecular weight excluding hydrogens is 395 g/mol. The zero-order chi connectivity index (χ0) is 20.5. The molecule has 1 fully saturated rings. The number of benzene rings is 2. The highest BCUT2D eigenvalue weighted by atomic mass is 32.2. The van der Waals surface area contributed by atoms with Crippen molar-refractivity contribution in [2.45, 2.75) is 4.90 Å². The summed E-state index contributed by atoms with van der Waals surface area (Å²) in [5, 5.41) is 22.3. The molecule has 10 nitrogen and oxygen atoms in total. The lowest BCUT2D eigenvalue weighted by Gasteiger charge is -2.34. The van der Waals surface area contributed by atoms with E-state index in [4.69, 9.17) is 0 Å². The van der Waals surface area contributed by atoms with E-state index in [2.05, 4.69) is 0 Å². The van der Waals surface area contributed by atoms with Gasteiger partial charge in [-0.15, -0.1) is 0 Å². The van der Waals surface area contributed by atoms with Crippen LogP contribution in [0.15, 0.2) is 47.4 Å². The number of anilines is 1. The van der Waals surface area contributed by atoms with Gasteiger partial charge in [-0.1, -0.05) is 12.1 Å². The van der Waals surface area contributed by atoms with Crippen molar-refractivity contribution < 1.29 is 22.7 Å². The van der Waals surface area contributed by atoms with E-state index in [1.165, 1.54) is 17.0 Å². The summed E-state index contributed by atoms with van der Waals surface area (Å²) in [6, 6.07) is 8.11. The molecular formula is C16H15FN4O6S. The minimum absolute atomic E-state index is 0.0535. The third kappa shape index (κ3) is 3.64. The summed E-state index contributed by atoms with van der Waals surface area (Å²) in [5.41, 5.74) is -0.741. The van der Waals surface area contributed by atoms with Crippen LogP contribution in [0.1, 0.15) is 0 Å². The molecule has 12 heteroatoms. The van der Waals surface area contributed by atoms with E-state index < -0.39 is 36.3 Å². The van der Waals surface area contributed by atoms with E-state index >= 15 is 0 Å². The molecule has 0 saturated carbocycles. The van der Waals surface area contributed by atoms with E-state index in [1.807, 2.05) is 0 Å². The van der Waals surface area contributed by atoms with Crippen molar-refractivity contribution in [3.05, 3.63) is 68.5 Å². The Balaban J connectivity index is 1.84. The maximum Gasteiger partial charge on any atom is 0.292 e. The van der Waals surface area contributed by atoms with Gasteiger partial charge in [0, 0.05) is 44.4 Å². The topological polar surface area (TPSA) is 127 Å². The van der Waals surface area contributed by atoms with Crippen molar-refractivity contribution >= 4 is 27.1 Å². The number of halogens is 1. The van der Waals surface area contributed by atoms with Crippen LogP contribution in [0.2, 0.25) is 0 Å². The predicted molar refractivity (Wildman–Crippen MR) is 97.1 cm³/mol. The number of nitrogens with zero attached hydrogens (tertiary/aromatic N) is 4. The van der Waals surface area contributed by atoms with Crippen LogP contribution in [0.25, 0.3) is 0 Å². The fraction of sp³-hybridized carbons (Fsp3) is 0.250. The van der Waals surface area contributed by atoms with Crippen LogP contribution in [0.5, 0.6) is 0 Å². The summed E-state index contributed by atoms with van der Waals surface area (Å²) in [7, 11) is -4.12. The first-order valence-corrected chi connectivity index (χ1v) is 9.58. The number of piperazine rings is 1. The second-order valence-corrected chi connectivity index (χ2v) is 7.91. The average Bonchev–Trinajstić information content (AvgIpc) is 2.67. The Hall–Kier alpha value is -3.12. The lowest BCUT2D eigenvalue weighted by Crippen LogP contribution is -2.48. The first-order chi connectivity index (χ1) is 13.2. The highest BCUT2D eigenvalue weighted by Gasteiger charge is 2.34. The van der Waals surface area contributed by atoms with Crippen molar-refractivity contribution in [2.75, 3.05) is 31.1 Å². The standard InChI is InChI=1S/C16H15FN4O6S/c17-12-5-6-13(20(22)23)15(11-12)18-7-9-19(10-8-18)28(26,27)16-4-2-1-3-14(16)21(24)25/h1-6,11H,7-10H2. The van der Waals surface area contributed by atoms with Gasteiger partial charge in [0.15, 0.2) is 4.90 Å². The predicted octanol–water partition coefficient (Wildman–Crippen LogP) is 2.15. The first kappa shape index (κ1) is 19.6. The Bertz CT molecular complexity index is 1040. The van der Waals surface area contributed by atoms with E-state index in [0.29, 0.717) is 0 Å². The Morgan fingerprint density at radius 3 is 2.11 bits per heavy atom. The molecule has 1 aliphatic heterocycles. The zero-order valence-corrected chi connectivity index (χ0v) is 15.2. The maximum absolute atomic E-state index is 13.6. The molecule has 0 aliphatic carbocycles. The minimum atomic E-state index is -4.12. The molecule has 0 bridgehead atoms. The first-order valence-electron chi connectivity index (χ1n) is 8.14. The number of hydrogen-bond donors (Lipinski definition) is 0. The molecule has 0 aromatic heterocycles. The van der Waals surface area contributed by atoms with E-state index in [-0.39, 0.29) is 37.6 Å². The van der Waals surface area contributed by atoms with Crippen LogP contribution >= 0.6 is 0 Å². The van der Waals surface area contributed by atoms with Gasteiger partial charge in [0.1, 0.15) is 11.5 Å². The number of nitro benzene ring substituents is 2. The Labute approximate surface area is 159 Å². The molecule has 28 heavy (non-hydrogen) atoms. The second-order valence-electron chi connectivity index (χ2n) is 6.01. The molecule has 2 aromatic carbocycles. The fourth-order valence-corrected chi connectivity index (χ4v) is 4.62. The van der Waals surface area contributed by atoms with E-state index in [9.17, 15) is 33.0 Å². The van der Waals surface area contributed by atoms with Crippen molar-refractivity contribution in [1.82, 2.24) is 4.31 Å². The highest BCUT2D eigenvalue weighted by molar-refractivity contribution is 7.89. The Kier molecular flexibility index (Phi) is 5.25. The van der Waals surface area contributed by atoms with Crippen LogP contribution < -0.4 is 4.90 Å².